The molecule has 30 heavy (non-hydrogen) atoms. The highest BCUT2D eigenvalue weighted by atomic mass is 16.6. The molecule has 0 aliphatic carbocycles. The van der Waals surface area contributed by atoms with Gasteiger partial charge in [0, 0.05) is 10.9 Å². The first-order chi connectivity index (χ1) is 14.5. The fourth-order valence-corrected chi connectivity index (χ4v) is 2.96. The van der Waals surface area contributed by atoms with Gasteiger partial charge in [-0.1, -0.05) is 30.3 Å². The van der Waals surface area contributed by atoms with Crippen molar-refractivity contribution in [2.24, 2.45) is 0 Å². The summed E-state index contributed by atoms with van der Waals surface area (Å²) < 4.78 is 21.5. The van der Waals surface area contributed by atoms with E-state index < -0.39 is 30.5 Å². The molecule has 4 rings (SSSR count). The van der Waals surface area contributed by atoms with Gasteiger partial charge in [0.05, 0.1) is 0 Å². The van der Waals surface area contributed by atoms with E-state index >= 15 is 0 Å². The van der Waals surface area contributed by atoms with Crippen molar-refractivity contribution in [1.82, 2.24) is 10.9 Å². The van der Waals surface area contributed by atoms with E-state index in [1.807, 2.05) is 12.1 Å². The SMILES string of the molecule is Cc1c(C(=O)OCC(=O)NNC(=O)[C@@H]2COc3ccccc3O2)oc2ccccc12. The lowest BCUT2D eigenvalue weighted by Gasteiger charge is -2.25. The molecule has 0 fully saturated rings. The van der Waals surface area contributed by atoms with E-state index in [0.717, 1.165) is 5.39 Å². The topological polar surface area (TPSA) is 116 Å². The minimum absolute atomic E-state index is 0.000960. The van der Waals surface area contributed by atoms with Crippen LogP contribution in [0.15, 0.2) is 52.9 Å². The molecule has 0 saturated heterocycles. The van der Waals surface area contributed by atoms with Crippen LogP contribution in [0.5, 0.6) is 11.5 Å². The number of ether oxygens (including phenoxy) is 3. The Bertz CT molecular complexity index is 1120. The number of carbonyl (C=O) groups excluding carboxylic acids is 3. The van der Waals surface area contributed by atoms with Crippen LogP contribution in [0, 0.1) is 6.92 Å². The van der Waals surface area contributed by atoms with Crippen molar-refractivity contribution in [3.8, 4) is 11.5 Å². The Morgan fingerprint density at radius 2 is 1.77 bits per heavy atom. The third-order valence-electron chi connectivity index (χ3n) is 4.49. The third-order valence-corrected chi connectivity index (χ3v) is 4.49. The van der Waals surface area contributed by atoms with Crippen molar-refractivity contribution in [3.05, 3.63) is 59.9 Å². The lowest BCUT2D eigenvalue weighted by atomic mass is 10.1. The molecule has 154 valence electrons. The van der Waals surface area contributed by atoms with E-state index in [4.69, 9.17) is 18.6 Å². The van der Waals surface area contributed by atoms with Gasteiger partial charge in [-0.15, -0.1) is 0 Å². The molecule has 9 heteroatoms. The first-order valence-corrected chi connectivity index (χ1v) is 9.15. The average Bonchev–Trinajstić information content (AvgIpc) is 3.12. The number of furan rings is 1. The molecule has 1 aromatic heterocycles. The molecule has 0 spiro atoms. The zero-order chi connectivity index (χ0) is 21.1. The first-order valence-electron chi connectivity index (χ1n) is 9.15. The number of carbonyl (C=O) groups is 3. The quantitative estimate of drug-likeness (QED) is 0.498. The number of benzene rings is 2. The summed E-state index contributed by atoms with van der Waals surface area (Å²) in [5.41, 5.74) is 5.57. The highest BCUT2D eigenvalue weighted by molar-refractivity contribution is 5.96. The van der Waals surface area contributed by atoms with Crippen LogP contribution in [0.4, 0.5) is 0 Å². The lowest BCUT2D eigenvalue weighted by molar-refractivity contribution is -0.135. The summed E-state index contributed by atoms with van der Waals surface area (Å²) in [5.74, 6) is -1.09. The summed E-state index contributed by atoms with van der Waals surface area (Å²) >= 11 is 0. The van der Waals surface area contributed by atoms with Crippen LogP contribution < -0.4 is 20.3 Å². The monoisotopic (exact) mass is 410 g/mol. The van der Waals surface area contributed by atoms with Gasteiger partial charge in [0.25, 0.3) is 11.8 Å². The Morgan fingerprint density at radius 1 is 1.03 bits per heavy atom. The number of rotatable bonds is 4. The minimum Gasteiger partial charge on any atom is -0.485 e. The van der Waals surface area contributed by atoms with Crippen LogP contribution in [0.2, 0.25) is 0 Å². The minimum atomic E-state index is -0.930. The van der Waals surface area contributed by atoms with Crippen molar-refractivity contribution in [2.75, 3.05) is 13.2 Å². The molecule has 2 amide bonds. The predicted octanol–water partition coefficient (Wildman–Crippen LogP) is 1.89. The van der Waals surface area contributed by atoms with Gasteiger partial charge in [-0.25, -0.2) is 4.79 Å². The van der Waals surface area contributed by atoms with Gasteiger partial charge in [0.15, 0.2) is 18.1 Å². The molecule has 9 nitrogen and oxygen atoms in total. The Morgan fingerprint density at radius 3 is 2.57 bits per heavy atom. The van der Waals surface area contributed by atoms with E-state index in [9.17, 15) is 14.4 Å². The molecule has 0 saturated carbocycles. The third kappa shape index (κ3) is 3.90. The molecule has 1 atom stereocenters. The summed E-state index contributed by atoms with van der Waals surface area (Å²) in [7, 11) is 0. The standard InChI is InChI=1S/C21H18N2O7/c1-12-13-6-2-3-7-14(13)30-19(12)21(26)28-11-18(24)22-23-20(25)17-10-27-15-8-4-5-9-16(15)29-17/h2-9,17H,10-11H2,1H3,(H,22,24)(H,23,25)/t17-/m0/s1. The molecule has 3 aromatic rings. The molecular weight excluding hydrogens is 392 g/mol. The van der Waals surface area contributed by atoms with Gasteiger partial charge < -0.3 is 18.6 Å². The second kappa shape index (κ2) is 8.16. The van der Waals surface area contributed by atoms with E-state index in [1.54, 1.807) is 43.3 Å². The van der Waals surface area contributed by atoms with Gasteiger partial charge in [-0.2, -0.15) is 0 Å². The molecule has 1 aliphatic heterocycles. The molecular formula is C21H18N2O7. The summed E-state index contributed by atoms with van der Waals surface area (Å²) in [5, 5.41) is 0.789. The number of hydrazine groups is 1. The Hall–Kier alpha value is -4.01. The van der Waals surface area contributed by atoms with Crippen molar-refractivity contribution in [1.29, 1.82) is 0 Å². The normalized spacial score (nSPS) is 14.8. The zero-order valence-electron chi connectivity index (χ0n) is 16.0. The highest BCUT2D eigenvalue weighted by Crippen LogP contribution is 2.30. The average molecular weight is 410 g/mol. The molecule has 0 radical (unpaired) electrons. The first kappa shape index (κ1) is 19.3. The molecule has 1 aliphatic rings. The summed E-state index contributed by atoms with van der Waals surface area (Å²) in [6.07, 6.45) is -0.930. The van der Waals surface area contributed by atoms with Gasteiger partial charge in [0.1, 0.15) is 12.2 Å². The van der Waals surface area contributed by atoms with Gasteiger partial charge in [0.2, 0.25) is 11.9 Å². The maximum Gasteiger partial charge on any atom is 0.375 e. The van der Waals surface area contributed by atoms with Crippen LogP contribution in [-0.2, 0) is 14.3 Å². The van der Waals surface area contributed by atoms with Crippen LogP contribution in [0.1, 0.15) is 16.1 Å². The highest BCUT2D eigenvalue weighted by Gasteiger charge is 2.27. The maximum atomic E-state index is 12.2. The Balaban J connectivity index is 1.26. The smallest absolute Gasteiger partial charge is 0.375 e. The summed E-state index contributed by atoms with van der Waals surface area (Å²) in [6, 6.07) is 14.1. The number of aryl methyl sites for hydroxylation is 1. The van der Waals surface area contributed by atoms with E-state index in [-0.39, 0.29) is 12.4 Å². The predicted molar refractivity (Wildman–Crippen MR) is 104 cm³/mol. The maximum absolute atomic E-state index is 12.2. The largest absolute Gasteiger partial charge is 0.485 e. The number of para-hydroxylation sites is 3. The van der Waals surface area contributed by atoms with E-state index in [2.05, 4.69) is 10.9 Å². The van der Waals surface area contributed by atoms with E-state index in [1.165, 1.54) is 0 Å². The zero-order valence-corrected chi connectivity index (χ0v) is 16.0. The van der Waals surface area contributed by atoms with Gasteiger partial charge in [-0.3, -0.25) is 20.4 Å². The van der Waals surface area contributed by atoms with Crippen molar-refractivity contribution in [3.63, 3.8) is 0 Å². The fourth-order valence-electron chi connectivity index (χ4n) is 2.96. The number of amides is 2. The summed E-state index contributed by atoms with van der Waals surface area (Å²) in [4.78, 5) is 36.3. The molecule has 0 unspecified atom stereocenters. The van der Waals surface area contributed by atoms with Crippen LogP contribution in [0.25, 0.3) is 11.0 Å². The lowest BCUT2D eigenvalue weighted by Crippen LogP contribution is -2.51. The number of nitrogens with one attached hydrogen (secondary N) is 2. The van der Waals surface area contributed by atoms with Crippen molar-refractivity contribution >= 4 is 28.8 Å². The number of fused-ring (bicyclic) bond motifs is 2. The van der Waals surface area contributed by atoms with Crippen molar-refractivity contribution in [2.45, 2.75) is 13.0 Å². The number of esters is 1. The van der Waals surface area contributed by atoms with Crippen LogP contribution in [-0.4, -0.2) is 37.1 Å². The molecule has 2 heterocycles. The number of hydrogen-bond acceptors (Lipinski definition) is 7. The Kier molecular flexibility index (Phi) is 5.25. The van der Waals surface area contributed by atoms with Gasteiger partial charge in [-0.05, 0) is 25.1 Å². The second-order valence-corrected chi connectivity index (χ2v) is 6.53. The molecule has 2 N–H and O–H groups in total. The van der Waals surface area contributed by atoms with Crippen LogP contribution >= 0.6 is 0 Å². The molecule has 2 aromatic carbocycles. The van der Waals surface area contributed by atoms with Crippen molar-refractivity contribution < 1.29 is 33.0 Å². The van der Waals surface area contributed by atoms with Gasteiger partial charge >= 0.3 is 5.97 Å². The summed E-state index contributed by atoms with van der Waals surface area (Å²) in [6.45, 7) is 1.13. The fraction of sp³-hybridized carbons (Fsp3) is 0.190. The second-order valence-electron chi connectivity index (χ2n) is 6.53. The number of hydrogen-bond donors (Lipinski definition) is 2. The van der Waals surface area contributed by atoms with Crippen LogP contribution in [0.3, 0.4) is 0 Å². The molecule has 0 bridgehead atoms. The Labute approximate surface area is 170 Å². The van der Waals surface area contributed by atoms with E-state index in [0.29, 0.717) is 22.6 Å².